The summed E-state index contributed by atoms with van der Waals surface area (Å²) in [6.45, 7) is 0. The maximum absolute atomic E-state index is 14.1. The van der Waals surface area contributed by atoms with Crippen molar-refractivity contribution in [1.82, 2.24) is 0 Å². The standard InChI is InChI=1S/C16H13ClF2O2/c1-20-10-7-11(18)15(12(19)8-10)16(17)14-6-9-4-2-3-5-13(9)21-14/h2-5,7-8,14,16H,6H2,1H3. The molecule has 2 aromatic rings. The number of fused-ring (bicyclic) bond motifs is 1. The quantitative estimate of drug-likeness (QED) is 0.789. The van der Waals surface area contributed by atoms with Crippen molar-refractivity contribution in [3.63, 3.8) is 0 Å². The predicted octanol–water partition coefficient (Wildman–Crippen LogP) is 4.26. The van der Waals surface area contributed by atoms with E-state index in [0.717, 1.165) is 17.7 Å². The van der Waals surface area contributed by atoms with Crippen molar-refractivity contribution in [2.24, 2.45) is 0 Å². The molecule has 0 saturated heterocycles. The minimum Gasteiger partial charge on any atom is -0.497 e. The number of hydrogen-bond acceptors (Lipinski definition) is 2. The van der Waals surface area contributed by atoms with Gasteiger partial charge >= 0.3 is 0 Å². The zero-order valence-corrected chi connectivity index (χ0v) is 12.0. The van der Waals surface area contributed by atoms with Crippen molar-refractivity contribution in [2.75, 3.05) is 7.11 Å². The lowest BCUT2D eigenvalue weighted by atomic mass is 10.0. The number of alkyl halides is 1. The Morgan fingerprint density at radius 3 is 2.52 bits per heavy atom. The van der Waals surface area contributed by atoms with Crippen LogP contribution in [0.5, 0.6) is 11.5 Å². The normalized spacial score (nSPS) is 18.0. The Bertz CT molecular complexity index is 627. The fraction of sp³-hybridized carbons (Fsp3) is 0.250. The van der Waals surface area contributed by atoms with Gasteiger partial charge in [0.2, 0.25) is 0 Å². The van der Waals surface area contributed by atoms with Gasteiger partial charge in [-0.05, 0) is 11.6 Å². The third-order valence-electron chi connectivity index (χ3n) is 3.56. The third-order valence-corrected chi connectivity index (χ3v) is 4.06. The topological polar surface area (TPSA) is 18.5 Å². The molecule has 0 fully saturated rings. The fourth-order valence-corrected chi connectivity index (χ4v) is 2.85. The first kappa shape index (κ1) is 14.1. The molecule has 5 heteroatoms. The van der Waals surface area contributed by atoms with E-state index < -0.39 is 23.1 Å². The van der Waals surface area contributed by atoms with Crippen molar-refractivity contribution >= 4 is 11.6 Å². The van der Waals surface area contributed by atoms with Gasteiger partial charge in [0.05, 0.1) is 7.11 Å². The monoisotopic (exact) mass is 310 g/mol. The SMILES string of the molecule is COc1cc(F)c(C(Cl)C2Cc3ccccc3O2)c(F)c1. The molecule has 0 amide bonds. The lowest BCUT2D eigenvalue weighted by Crippen LogP contribution is -2.21. The summed E-state index contributed by atoms with van der Waals surface area (Å²) in [7, 11) is 1.35. The van der Waals surface area contributed by atoms with Crippen molar-refractivity contribution in [2.45, 2.75) is 17.9 Å². The molecule has 2 nitrogen and oxygen atoms in total. The molecule has 2 atom stereocenters. The summed E-state index contributed by atoms with van der Waals surface area (Å²) >= 11 is 6.26. The fourth-order valence-electron chi connectivity index (χ4n) is 2.50. The molecule has 110 valence electrons. The van der Waals surface area contributed by atoms with Crippen LogP contribution in [-0.2, 0) is 6.42 Å². The minimum atomic E-state index is -0.914. The summed E-state index contributed by atoms with van der Waals surface area (Å²) in [6.07, 6.45) is 0.0244. The Morgan fingerprint density at radius 1 is 1.24 bits per heavy atom. The van der Waals surface area contributed by atoms with Crippen LogP contribution >= 0.6 is 11.6 Å². The van der Waals surface area contributed by atoms with Crippen LogP contribution in [-0.4, -0.2) is 13.2 Å². The second kappa shape index (κ2) is 5.53. The Balaban J connectivity index is 1.89. The molecular formula is C16H13ClF2O2. The summed E-state index contributed by atoms with van der Waals surface area (Å²) in [5.74, 6) is -0.631. The summed E-state index contributed by atoms with van der Waals surface area (Å²) in [5, 5.41) is -0.914. The van der Waals surface area contributed by atoms with E-state index in [0.29, 0.717) is 12.2 Å². The summed E-state index contributed by atoms with van der Waals surface area (Å²) < 4.78 is 38.7. The highest BCUT2D eigenvalue weighted by atomic mass is 35.5. The first-order valence-corrected chi connectivity index (χ1v) is 6.95. The van der Waals surface area contributed by atoms with Crippen molar-refractivity contribution < 1.29 is 18.3 Å². The Kier molecular flexibility index (Phi) is 3.72. The molecule has 1 aliphatic heterocycles. The lowest BCUT2D eigenvalue weighted by molar-refractivity contribution is 0.223. The highest BCUT2D eigenvalue weighted by molar-refractivity contribution is 6.21. The first-order chi connectivity index (χ1) is 10.1. The molecule has 0 saturated carbocycles. The van der Waals surface area contributed by atoms with Gasteiger partial charge in [-0.25, -0.2) is 8.78 Å². The summed E-state index contributed by atoms with van der Waals surface area (Å²) in [6, 6.07) is 9.71. The number of halogens is 3. The third kappa shape index (κ3) is 2.56. The van der Waals surface area contributed by atoms with Gasteiger partial charge < -0.3 is 9.47 Å². The van der Waals surface area contributed by atoms with Crippen LogP contribution in [0.1, 0.15) is 16.5 Å². The summed E-state index contributed by atoms with van der Waals surface area (Å²) in [4.78, 5) is 0. The molecule has 0 bridgehead atoms. The second-order valence-electron chi connectivity index (χ2n) is 4.87. The van der Waals surface area contributed by atoms with Gasteiger partial charge in [-0.3, -0.25) is 0 Å². The van der Waals surface area contributed by atoms with E-state index in [2.05, 4.69) is 0 Å². The maximum Gasteiger partial charge on any atom is 0.134 e. The summed E-state index contributed by atoms with van der Waals surface area (Å²) in [5.41, 5.74) is 0.803. The van der Waals surface area contributed by atoms with Crippen LogP contribution in [0.4, 0.5) is 8.78 Å². The van der Waals surface area contributed by atoms with E-state index in [4.69, 9.17) is 21.1 Å². The number of methoxy groups -OCH3 is 1. The predicted molar refractivity (Wildman–Crippen MR) is 76.1 cm³/mol. The lowest BCUT2D eigenvalue weighted by Gasteiger charge is -2.19. The van der Waals surface area contributed by atoms with Crippen LogP contribution in [0.2, 0.25) is 0 Å². The van der Waals surface area contributed by atoms with E-state index in [9.17, 15) is 8.78 Å². The highest BCUT2D eigenvalue weighted by Crippen LogP contribution is 2.39. The van der Waals surface area contributed by atoms with Crippen LogP contribution in [0.15, 0.2) is 36.4 Å². The van der Waals surface area contributed by atoms with Crippen LogP contribution < -0.4 is 9.47 Å². The molecule has 21 heavy (non-hydrogen) atoms. The smallest absolute Gasteiger partial charge is 0.134 e. The average Bonchev–Trinajstić information content (AvgIpc) is 2.90. The minimum absolute atomic E-state index is 0.119. The number of ether oxygens (including phenoxy) is 2. The van der Waals surface area contributed by atoms with Gasteiger partial charge in [0.15, 0.2) is 0 Å². The molecule has 0 aromatic heterocycles. The van der Waals surface area contributed by atoms with Crippen LogP contribution in [0, 0.1) is 11.6 Å². The first-order valence-electron chi connectivity index (χ1n) is 6.51. The van der Waals surface area contributed by atoms with Gasteiger partial charge in [-0.15, -0.1) is 11.6 Å². The largest absolute Gasteiger partial charge is 0.497 e. The van der Waals surface area contributed by atoms with Crippen LogP contribution in [0.3, 0.4) is 0 Å². The number of para-hydroxylation sites is 1. The van der Waals surface area contributed by atoms with E-state index in [1.807, 2.05) is 24.3 Å². The second-order valence-corrected chi connectivity index (χ2v) is 5.34. The molecule has 0 N–H and O–H groups in total. The Hall–Kier alpha value is -1.81. The van der Waals surface area contributed by atoms with Gasteiger partial charge in [0.25, 0.3) is 0 Å². The van der Waals surface area contributed by atoms with Crippen molar-refractivity contribution in [3.05, 3.63) is 59.2 Å². The Labute approximate surface area is 126 Å². The molecule has 0 spiro atoms. The van der Waals surface area contributed by atoms with E-state index in [1.165, 1.54) is 7.11 Å². The van der Waals surface area contributed by atoms with E-state index in [-0.39, 0.29) is 11.3 Å². The number of rotatable bonds is 3. The average molecular weight is 311 g/mol. The van der Waals surface area contributed by atoms with E-state index >= 15 is 0 Å². The van der Waals surface area contributed by atoms with Gasteiger partial charge in [0.1, 0.15) is 34.6 Å². The maximum atomic E-state index is 14.1. The van der Waals surface area contributed by atoms with Gasteiger partial charge in [0, 0.05) is 24.1 Å². The van der Waals surface area contributed by atoms with Crippen molar-refractivity contribution in [1.29, 1.82) is 0 Å². The molecule has 0 aliphatic carbocycles. The molecule has 2 aromatic carbocycles. The zero-order chi connectivity index (χ0) is 15.0. The number of hydrogen-bond donors (Lipinski definition) is 0. The molecular weight excluding hydrogens is 298 g/mol. The molecule has 2 unspecified atom stereocenters. The van der Waals surface area contributed by atoms with Crippen molar-refractivity contribution in [3.8, 4) is 11.5 Å². The molecule has 0 radical (unpaired) electrons. The zero-order valence-electron chi connectivity index (χ0n) is 11.3. The van der Waals surface area contributed by atoms with Crippen LogP contribution in [0.25, 0.3) is 0 Å². The number of benzene rings is 2. The van der Waals surface area contributed by atoms with Gasteiger partial charge in [-0.2, -0.15) is 0 Å². The van der Waals surface area contributed by atoms with Gasteiger partial charge in [-0.1, -0.05) is 18.2 Å². The Morgan fingerprint density at radius 2 is 1.90 bits per heavy atom. The molecule has 1 aliphatic rings. The molecule has 1 heterocycles. The van der Waals surface area contributed by atoms with E-state index in [1.54, 1.807) is 0 Å². The molecule has 3 rings (SSSR count). The highest BCUT2D eigenvalue weighted by Gasteiger charge is 2.33.